The lowest BCUT2D eigenvalue weighted by molar-refractivity contribution is 0.0881. The molecule has 1 unspecified atom stereocenters. The predicted octanol–water partition coefficient (Wildman–Crippen LogP) is 0.773. The van der Waals surface area contributed by atoms with Gasteiger partial charge in [-0.15, -0.1) is 5.10 Å². The molecule has 0 saturated carbocycles. The molecule has 7 heteroatoms. The molecule has 1 aliphatic rings. The quantitative estimate of drug-likeness (QED) is 0.798. The van der Waals surface area contributed by atoms with E-state index in [4.69, 9.17) is 0 Å². The maximum atomic E-state index is 12.2. The molecule has 2 aromatic rings. The minimum absolute atomic E-state index is 0.0153. The second-order valence-electron chi connectivity index (χ2n) is 5.69. The fraction of sp³-hybridized carbons (Fsp3) is 0.375. The summed E-state index contributed by atoms with van der Waals surface area (Å²) in [5, 5.41) is 13.3. The molecule has 2 amide bonds. The van der Waals surface area contributed by atoms with E-state index in [0.29, 0.717) is 13.1 Å². The zero-order valence-electron chi connectivity index (χ0n) is 13.0. The van der Waals surface area contributed by atoms with E-state index in [9.17, 15) is 9.59 Å². The molecule has 0 radical (unpaired) electrons. The molecule has 0 spiro atoms. The third kappa shape index (κ3) is 3.39. The standard InChI is InChI=1S/C16H19N5O2/c1-11-10-21-14(16(23)18-11)13(19-20-21)15(22)17-9-5-8-12-6-3-2-4-7-12/h2-4,6-7,11H,5,8-10H2,1H3,(H,17,22)(H,18,23). The van der Waals surface area contributed by atoms with E-state index in [2.05, 4.69) is 33.1 Å². The fourth-order valence-electron chi connectivity index (χ4n) is 2.64. The number of carbonyl (C=O) groups excluding carboxylic acids is 2. The molecule has 0 fully saturated rings. The Balaban J connectivity index is 1.56. The first-order chi connectivity index (χ1) is 11.1. The SMILES string of the molecule is CC1Cn2nnc(C(=O)NCCCc3ccccc3)c2C(=O)N1. The van der Waals surface area contributed by atoms with Crippen LogP contribution in [0.1, 0.15) is 39.9 Å². The number of rotatable bonds is 5. The number of nitrogens with one attached hydrogen (secondary N) is 2. The van der Waals surface area contributed by atoms with E-state index in [-0.39, 0.29) is 29.2 Å². The number of nitrogens with zero attached hydrogens (tertiary/aromatic N) is 3. The van der Waals surface area contributed by atoms with Gasteiger partial charge in [0.2, 0.25) is 0 Å². The van der Waals surface area contributed by atoms with Gasteiger partial charge >= 0.3 is 0 Å². The Bertz CT molecular complexity index is 711. The number of benzene rings is 1. The smallest absolute Gasteiger partial charge is 0.274 e. The largest absolute Gasteiger partial charge is 0.351 e. The summed E-state index contributed by atoms with van der Waals surface area (Å²) in [5.41, 5.74) is 1.56. The van der Waals surface area contributed by atoms with Crippen molar-refractivity contribution in [1.82, 2.24) is 25.6 Å². The zero-order valence-corrected chi connectivity index (χ0v) is 13.0. The van der Waals surface area contributed by atoms with Crippen LogP contribution in [0, 0.1) is 0 Å². The summed E-state index contributed by atoms with van der Waals surface area (Å²) >= 11 is 0. The Labute approximate surface area is 134 Å². The van der Waals surface area contributed by atoms with E-state index >= 15 is 0 Å². The molecule has 1 aromatic carbocycles. The molecule has 3 rings (SSSR count). The molecule has 2 N–H and O–H groups in total. The van der Waals surface area contributed by atoms with Gasteiger partial charge in [0, 0.05) is 12.6 Å². The van der Waals surface area contributed by atoms with Gasteiger partial charge in [-0.2, -0.15) is 0 Å². The molecular weight excluding hydrogens is 294 g/mol. The van der Waals surface area contributed by atoms with Gasteiger partial charge in [-0.1, -0.05) is 35.5 Å². The van der Waals surface area contributed by atoms with Gasteiger partial charge in [-0.25, -0.2) is 4.68 Å². The number of aromatic nitrogens is 3. The van der Waals surface area contributed by atoms with Crippen LogP contribution in [0.2, 0.25) is 0 Å². The predicted molar refractivity (Wildman–Crippen MR) is 84.0 cm³/mol. The lowest BCUT2D eigenvalue weighted by Gasteiger charge is -2.20. The monoisotopic (exact) mass is 313 g/mol. The summed E-state index contributed by atoms with van der Waals surface area (Å²) in [7, 11) is 0. The molecule has 7 nitrogen and oxygen atoms in total. The Morgan fingerprint density at radius 2 is 2.17 bits per heavy atom. The minimum Gasteiger partial charge on any atom is -0.351 e. The van der Waals surface area contributed by atoms with Crippen molar-refractivity contribution in [3.63, 3.8) is 0 Å². The number of aryl methyl sites for hydroxylation is 1. The van der Waals surface area contributed by atoms with Crippen molar-refractivity contribution in [3.05, 3.63) is 47.3 Å². The van der Waals surface area contributed by atoms with Crippen LogP contribution in [-0.4, -0.2) is 39.4 Å². The maximum absolute atomic E-state index is 12.2. The summed E-state index contributed by atoms with van der Waals surface area (Å²) in [4.78, 5) is 24.2. The Morgan fingerprint density at radius 3 is 2.96 bits per heavy atom. The highest BCUT2D eigenvalue weighted by molar-refractivity contribution is 6.05. The van der Waals surface area contributed by atoms with Gasteiger partial charge in [0.1, 0.15) is 0 Å². The third-order valence-corrected chi connectivity index (χ3v) is 3.76. The maximum Gasteiger partial charge on any atom is 0.274 e. The molecule has 0 aliphatic carbocycles. The van der Waals surface area contributed by atoms with Gasteiger partial charge in [0.15, 0.2) is 11.4 Å². The van der Waals surface area contributed by atoms with E-state index in [1.165, 1.54) is 10.2 Å². The van der Waals surface area contributed by atoms with Crippen LogP contribution in [0.5, 0.6) is 0 Å². The van der Waals surface area contributed by atoms with Crippen molar-refractivity contribution in [2.75, 3.05) is 6.54 Å². The van der Waals surface area contributed by atoms with Crippen LogP contribution >= 0.6 is 0 Å². The van der Waals surface area contributed by atoms with Gasteiger partial charge in [-0.3, -0.25) is 9.59 Å². The topological polar surface area (TPSA) is 88.9 Å². The molecular formula is C16H19N5O2. The van der Waals surface area contributed by atoms with E-state index in [1.54, 1.807) is 0 Å². The lowest BCUT2D eigenvalue weighted by atomic mass is 10.1. The average Bonchev–Trinajstić information content (AvgIpc) is 2.96. The fourth-order valence-corrected chi connectivity index (χ4v) is 2.64. The second-order valence-corrected chi connectivity index (χ2v) is 5.69. The summed E-state index contributed by atoms with van der Waals surface area (Å²) < 4.78 is 1.49. The first-order valence-electron chi connectivity index (χ1n) is 7.71. The number of fused-ring (bicyclic) bond motifs is 1. The number of hydrogen-bond acceptors (Lipinski definition) is 4. The van der Waals surface area contributed by atoms with Crippen molar-refractivity contribution < 1.29 is 9.59 Å². The zero-order chi connectivity index (χ0) is 16.2. The third-order valence-electron chi connectivity index (χ3n) is 3.76. The number of hydrogen-bond donors (Lipinski definition) is 2. The second kappa shape index (κ2) is 6.60. The van der Waals surface area contributed by atoms with Gasteiger partial charge < -0.3 is 10.6 Å². The lowest BCUT2D eigenvalue weighted by Crippen LogP contribution is -2.43. The molecule has 1 atom stereocenters. The Morgan fingerprint density at radius 1 is 1.39 bits per heavy atom. The molecule has 0 saturated heterocycles. The van der Waals surface area contributed by atoms with Gasteiger partial charge in [0.25, 0.3) is 11.8 Å². The first-order valence-corrected chi connectivity index (χ1v) is 7.71. The van der Waals surface area contributed by atoms with Crippen LogP contribution in [0.4, 0.5) is 0 Å². The summed E-state index contributed by atoms with van der Waals surface area (Å²) in [5.74, 6) is -0.660. The highest BCUT2D eigenvalue weighted by Gasteiger charge is 2.30. The highest BCUT2D eigenvalue weighted by Crippen LogP contribution is 2.11. The van der Waals surface area contributed by atoms with E-state index in [0.717, 1.165) is 12.8 Å². The highest BCUT2D eigenvalue weighted by atomic mass is 16.2. The summed E-state index contributed by atoms with van der Waals surface area (Å²) in [6, 6.07) is 10.1. The summed E-state index contributed by atoms with van der Waals surface area (Å²) in [6.45, 7) is 2.93. The molecule has 2 heterocycles. The van der Waals surface area contributed by atoms with Crippen molar-refractivity contribution in [2.45, 2.75) is 32.4 Å². The number of carbonyl (C=O) groups is 2. The molecule has 1 aliphatic heterocycles. The summed E-state index contributed by atoms with van der Waals surface area (Å²) in [6.07, 6.45) is 1.71. The van der Waals surface area contributed by atoms with Gasteiger partial charge in [0.05, 0.1) is 6.54 Å². The molecule has 1 aromatic heterocycles. The Kier molecular flexibility index (Phi) is 4.36. The van der Waals surface area contributed by atoms with Crippen LogP contribution in [0.3, 0.4) is 0 Å². The first kappa shape index (κ1) is 15.2. The normalized spacial score (nSPS) is 16.6. The van der Waals surface area contributed by atoms with E-state index in [1.807, 2.05) is 25.1 Å². The average molecular weight is 313 g/mol. The molecule has 0 bridgehead atoms. The van der Waals surface area contributed by atoms with Crippen LogP contribution in [0.25, 0.3) is 0 Å². The van der Waals surface area contributed by atoms with Crippen molar-refractivity contribution in [1.29, 1.82) is 0 Å². The van der Waals surface area contributed by atoms with E-state index < -0.39 is 0 Å². The van der Waals surface area contributed by atoms with Crippen molar-refractivity contribution >= 4 is 11.8 Å². The minimum atomic E-state index is -0.357. The van der Waals surface area contributed by atoms with Crippen molar-refractivity contribution in [3.8, 4) is 0 Å². The van der Waals surface area contributed by atoms with Crippen LogP contribution in [0.15, 0.2) is 30.3 Å². The molecule has 120 valence electrons. The number of amides is 2. The Hall–Kier alpha value is -2.70. The van der Waals surface area contributed by atoms with Crippen molar-refractivity contribution in [2.24, 2.45) is 0 Å². The molecule has 23 heavy (non-hydrogen) atoms. The van der Waals surface area contributed by atoms with Crippen LogP contribution < -0.4 is 10.6 Å². The van der Waals surface area contributed by atoms with Gasteiger partial charge in [-0.05, 0) is 25.3 Å². The van der Waals surface area contributed by atoms with Crippen LogP contribution in [-0.2, 0) is 13.0 Å².